The van der Waals surface area contributed by atoms with E-state index in [0.29, 0.717) is 5.56 Å². The van der Waals surface area contributed by atoms with Gasteiger partial charge in [0.05, 0.1) is 0 Å². The van der Waals surface area contributed by atoms with E-state index >= 15 is 0 Å². The summed E-state index contributed by atoms with van der Waals surface area (Å²) >= 11 is 0. The topological polar surface area (TPSA) is 43.4 Å². The van der Waals surface area contributed by atoms with Crippen LogP contribution in [0.5, 0.6) is 5.75 Å². The van der Waals surface area contributed by atoms with E-state index in [9.17, 15) is 17.2 Å². The van der Waals surface area contributed by atoms with Crippen molar-refractivity contribution in [1.82, 2.24) is 0 Å². The van der Waals surface area contributed by atoms with Gasteiger partial charge in [0.2, 0.25) is 0 Å². The van der Waals surface area contributed by atoms with E-state index in [0.717, 1.165) is 18.2 Å². The van der Waals surface area contributed by atoms with Crippen LogP contribution < -0.4 is 4.74 Å². The Balaban J connectivity index is 2.26. The highest BCUT2D eigenvalue weighted by Crippen LogP contribution is 2.28. The maximum atomic E-state index is 13.1. The molecule has 0 atom stereocenters. The van der Waals surface area contributed by atoms with Crippen LogP contribution in [-0.2, 0) is 15.7 Å². The summed E-state index contributed by atoms with van der Waals surface area (Å²) in [6.45, 7) is -0.0667. The molecule has 0 saturated carbocycles. The number of rotatable bonds is 4. The van der Waals surface area contributed by atoms with Gasteiger partial charge < -0.3 is 4.74 Å². The molecule has 0 aliphatic carbocycles. The molecule has 20 heavy (non-hydrogen) atoms. The van der Waals surface area contributed by atoms with Gasteiger partial charge in [-0.1, -0.05) is 12.1 Å². The first-order valence-electron chi connectivity index (χ1n) is 5.48. The minimum Gasteiger partial charge on any atom is -0.487 e. The van der Waals surface area contributed by atoms with E-state index in [-0.39, 0.29) is 12.4 Å². The molecule has 0 aliphatic rings. The van der Waals surface area contributed by atoms with Crippen LogP contribution in [-0.4, -0.2) is 8.42 Å². The van der Waals surface area contributed by atoms with Crippen LogP contribution in [0, 0.1) is 11.6 Å². The zero-order chi connectivity index (χ0) is 14.8. The molecule has 2 aromatic rings. The molecule has 0 amide bonds. The van der Waals surface area contributed by atoms with Gasteiger partial charge in [0.1, 0.15) is 28.9 Å². The van der Waals surface area contributed by atoms with Crippen molar-refractivity contribution >= 4 is 19.7 Å². The Morgan fingerprint density at radius 2 is 1.75 bits per heavy atom. The maximum absolute atomic E-state index is 13.1. The lowest BCUT2D eigenvalue weighted by atomic mass is 10.2. The average Bonchev–Trinajstić information content (AvgIpc) is 2.36. The normalized spacial score (nSPS) is 11.3. The van der Waals surface area contributed by atoms with Crippen molar-refractivity contribution in [3.8, 4) is 5.75 Å². The molecule has 0 saturated heterocycles. The predicted octanol–water partition coefficient (Wildman–Crippen LogP) is 3.47. The predicted molar refractivity (Wildman–Crippen MR) is 70.2 cm³/mol. The number of benzene rings is 2. The highest BCUT2D eigenvalue weighted by Gasteiger charge is 2.18. The molecule has 0 heterocycles. The maximum Gasteiger partial charge on any atom is 0.265 e. The first-order chi connectivity index (χ1) is 9.36. The first-order valence-corrected chi connectivity index (χ1v) is 7.78. The van der Waals surface area contributed by atoms with Gasteiger partial charge in [-0.15, -0.1) is 0 Å². The summed E-state index contributed by atoms with van der Waals surface area (Å²) in [4.78, 5) is -0.462. The highest BCUT2D eigenvalue weighted by atomic mass is 35.7. The van der Waals surface area contributed by atoms with Crippen molar-refractivity contribution in [2.24, 2.45) is 0 Å². The summed E-state index contributed by atoms with van der Waals surface area (Å²) < 4.78 is 54.0. The van der Waals surface area contributed by atoms with Crippen molar-refractivity contribution in [1.29, 1.82) is 0 Å². The van der Waals surface area contributed by atoms with Crippen LogP contribution in [0.15, 0.2) is 47.4 Å². The monoisotopic (exact) mass is 318 g/mol. The molecule has 0 fully saturated rings. The van der Waals surface area contributed by atoms with Gasteiger partial charge in [-0.05, 0) is 35.9 Å². The zero-order valence-corrected chi connectivity index (χ0v) is 11.6. The fourth-order valence-corrected chi connectivity index (χ4v) is 2.56. The molecule has 2 aromatic carbocycles. The number of hydrogen-bond acceptors (Lipinski definition) is 3. The van der Waals surface area contributed by atoms with Crippen LogP contribution >= 0.6 is 10.7 Å². The third kappa shape index (κ3) is 3.68. The molecule has 0 spiro atoms. The van der Waals surface area contributed by atoms with Gasteiger partial charge in [0.25, 0.3) is 9.05 Å². The molecule has 3 nitrogen and oxygen atoms in total. The molecule has 0 aromatic heterocycles. The molecule has 0 aliphatic heterocycles. The largest absolute Gasteiger partial charge is 0.487 e. The van der Waals surface area contributed by atoms with Crippen LogP contribution in [0.4, 0.5) is 8.78 Å². The van der Waals surface area contributed by atoms with E-state index in [1.807, 2.05) is 0 Å². The lowest BCUT2D eigenvalue weighted by molar-refractivity contribution is 0.297. The van der Waals surface area contributed by atoms with Gasteiger partial charge in [-0.2, -0.15) is 0 Å². The third-order valence-corrected chi connectivity index (χ3v) is 3.79. The zero-order valence-electron chi connectivity index (χ0n) is 10.0. The summed E-state index contributed by atoms with van der Waals surface area (Å²) in [6, 6.07) is 8.60. The second kappa shape index (κ2) is 5.76. The first kappa shape index (κ1) is 14.7. The van der Waals surface area contributed by atoms with Gasteiger partial charge in [0, 0.05) is 10.7 Å². The molecular weight excluding hydrogens is 310 g/mol. The van der Waals surface area contributed by atoms with E-state index in [1.165, 1.54) is 18.2 Å². The van der Waals surface area contributed by atoms with E-state index < -0.39 is 25.6 Å². The second-order valence-corrected chi connectivity index (χ2v) is 6.48. The molecule has 0 N–H and O–H groups in total. The fourth-order valence-electron chi connectivity index (χ4n) is 1.58. The Labute approximate surface area is 119 Å². The second-order valence-electron chi connectivity index (χ2n) is 3.95. The van der Waals surface area contributed by atoms with Crippen molar-refractivity contribution in [3.05, 3.63) is 59.7 Å². The minimum absolute atomic E-state index is 0.0667. The Bertz CT molecular complexity index is 732. The number of halogens is 3. The summed E-state index contributed by atoms with van der Waals surface area (Å²) in [5.74, 6) is -1.27. The summed E-state index contributed by atoms with van der Waals surface area (Å²) in [7, 11) is 1.07. The molecule has 0 bridgehead atoms. The van der Waals surface area contributed by atoms with Crippen LogP contribution in [0.2, 0.25) is 0 Å². The lowest BCUT2D eigenvalue weighted by Gasteiger charge is -2.09. The Morgan fingerprint density at radius 1 is 1.05 bits per heavy atom. The van der Waals surface area contributed by atoms with Crippen LogP contribution in [0.1, 0.15) is 5.56 Å². The summed E-state index contributed by atoms with van der Waals surface area (Å²) in [5, 5.41) is 0. The van der Waals surface area contributed by atoms with Gasteiger partial charge in [0.15, 0.2) is 0 Å². The molecular formula is C13H9ClF2O3S. The number of hydrogen-bond donors (Lipinski definition) is 0. The van der Waals surface area contributed by atoms with Crippen molar-refractivity contribution in [2.75, 3.05) is 0 Å². The highest BCUT2D eigenvalue weighted by molar-refractivity contribution is 8.13. The quantitative estimate of drug-likeness (QED) is 0.811. The molecule has 106 valence electrons. The van der Waals surface area contributed by atoms with E-state index in [4.69, 9.17) is 15.4 Å². The Hall–Kier alpha value is -1.66. The van der Waals surface area contributed by atoms with Gasteiger partial charge in [-0.25, -0.2) is 17.2 Å². The van der Waals surface area contributed by atoms with E-state index in [2.05, 4.69) is 0 Å². The van der Waals surface area contributed by atoms with Crippen LogP contribution in [0.25, 0.3) is 0 Å². The Morgan fingerprint density at radius 3 is 2.40 bits per heavy atom. The smallest absolute Gasteiger partial charge is 0.265 e. The van der Waals surface area contributed by atoms with Crippen molar-refractivity contribution < 1.29 is 21.9 Å². The van der Waals surface area contributed by atoms with Crippen molar-refractivity contribution in [2.45, 2.75) is 11.5 Å². The Kier molecular flexibility index (Phi) is 4.25. The summed E-state index contributed by atoms with van der Waals surface area (Å²) in [6.07, 6.45) is 0. The molecule has 0 unspecified atom stereocenters. The third-order valence-electron chi connectivity index (χ3n) is 2.45. The van der Waals surface area contributed by atoms with Gasteiger partial charge in [-0.3, -0.25) is 0 Å². The van der Waals surface area contributed by atoms with E-state index in [1.54, 1.807) is 6.07 Å². The number of ether oxygens (including phenoxy) is 1. The fraction of sp³-hybridized carbons (Fsp3) is 0.0769. The molecule has 2 rings (SSSR count). The van der Waals surface area contributed by atoms with Gasteiger partial charge >= 0.3 is 0 Å². The standard InChI is InChI=1S/C13H9ClF2O3S/c14-20(17,18)13-7-11(16)4-5-12(13)19-8-9-2-1-3-10(15)6-9/h1-7H,8H2. The molecule has 0 radical (unpaired) electrons. The average molecular weight is 319 g/mol. The minimum atomic E-state index is -4.14. The van der Waals surface area contributed by atoms with Crippen molar-refractivity contribution in [3.63, 3.8) is 0 Å². The lowest BCUT2D eigenvalue weighted by Crippen LogP contribution is -2.01. The summed E-state index contributed by atoms with van der Waals surface area (Å²) in [5.41, 5.74) is 0.507. The van der Waals surface area contributed by atoms with Crippen LogP contribution in [0.3, 0.4) is 0 Å². The SMILES string of the molecule is O=S(=O)(Cl)c1cc(F)ccc1OCc1cccc(F)c1. The molecule has 7 heteroatoms.